The second kappa shape index (κ2) is 12.4. The number of halogens is 1. The van der Waals surface area contributed by atoms with E-state index in [4.69, 9.17) is 9.73 Å². The van der Waals surface area contributed by atoms with E-state index >= 15 is 0 Å². The zero-order chi connectivity index (χ0) is 21.4. The van der Waals surface area contributed by atoms with E-state index in [0.717, 1.165) is 44.2 Å². The lowest BCUT2D eigenvalue weighted by Crippen LogP contribution is -2.47. The molecule has 1 aromatic heterocycles. The summed E-state index contributed by atoms with van der Waals surface area (Å²) in [5.74, 6) is 1.35. The van der Waals surface area contributed by atoms with Crippen molar-refractivity contribution in [3.05, 3.63) is 53.9 Å². The van der Waals surface area contributed by atoms with Crippen LogP contribution in [0.1, 0.15) is 51.7 Å². The second-order valence-electron chi connectivity index (χ2n) is 9.17. The highest BCUT2D eigenvalue weighted by Gasteiger charge is 2.35. The van der Waals surface area contributed by atoms with Crippen molar-refractivity contribution in [3.63, 3.8) is 0 Å². The first-order chi connectivity index (χ1) is 14.5. The van der Waals surface area contributed by atoms with Gasteiger partial charge in [-0.2, -0.15) is 5.10 Å². The van der Waals surface area contributed by atoms with Gasteiger partial charge in [0.2, 0.25) is 0 Å². The zero-order valence-corrected chi connectivity index (χ0v) is 21.6. The Hall–Kier alpha value is -1.61. The molecule has 0 amide bonds. The van der Waals surface area contributed by atoms with Gasteiger partial charge in [0, 0.05) is 37.4 Å². The molecule has 2 atom stereocenters. The maximum atomic E-state index is 6.12. The Bertz CT molecular complexity index is 800. The number of ether oxygens (including phenoxy) is 1. The van der Waals surface area contributed by atoms with Crippen molar-refractivity contribution >= 4 is 29.9 Å². The first kappa shape index (κ1) is 25.6. The fourth-order valence-corrected chi connectivity index (χ4v) is 4.09. The zero-order valence-electron chi connectivity index (χ0n) is 19.3. The molecule has 7 heteroatoms. The quantitative estimate of drug-likeness (QED) is 0.310. The van der Waals surface area contributed by atoms with E-state index in [-0.39, 0.29) is 35.5 Å². The van der Waals surface area contributed by atoms with E-state index in [1.807, 2.05) is 16.9 Å². The Morgan fingerprint density at radius 1 is 1.19 bits per heavy atom. The summed E-state index contributed by atoms with van der Waals surface area (Å²) in [6.45, 7) is 12.9. The van der Waals surface area contributed by atoms with Crippen LogP contribution in [0.15, 0.2) is 47.7 Å². The highest BCUT2D eigenvalue weighted by molar-refractivity contribution is 14.0. The number of nitrogens with one attached hydrogen (secondary N) is 2. The fourth-order valence-electron chi connectivity index (χ4n) is 4.09. The summed E-state index contributed by atoms with van der Waals surface area (Å²) in [5, 5.41) is 11.4. The molecule has 1 aromatic carbocycles. The van der Waals surface area contributed by atoms with E-state index in [9.17, 15) is 0 Å². The smallest absolute Gasteiger partial charge is 0.191 e. The van der Waals surface area contributed by atoms with Crippen LogP contribution in [-0.4, -0.2) is 41.5 Å². The van der Waals surface area contributed by atoms with Gasteiger partial charge in [-0.05, 0) is 30.7 Å². The molecule has 1 fully saturated rings. The van der Waals surface area contributed by atoms with Crippen molar-refractivity contribution in [2.24, 2.45) is 16.3 Å². The second-order valence-corrected chi connectivity index (χ2v) is 9.17. The predicted octanol–water partition coefficient (Wildman–Crippen LogP) is 4.45. The molecule has 2 heterocycles. The molecular weight excluding hydrogens is 501 g/mol. The van der Waals surface area contributed by atoms with Crippen LogP contribution in [0.2, 0.25) is 0 Å². The first-order valence-corrected chi connectivity index (χ1v) is 11.1. The summed E-state index contributed by atoms with van der Waals surface area (Å²) in [7, 11) is 0. The summed E-state index contributed by atoms with van der Waals surface area (Å²) in [4.78, 5) is 4.78. The van der Waals surface area contributed by atoms with Gasteiger partial charge in [0.1, 0.15) is 0 Å². The van der Waals surface area contributed by atoms with Crippen molar-refractivity contribution < 1.29 is 4.74 Å². The maximum Gasteiger partial charge on any atom is 0.191 e. The number of aliphatic imine (C=N–C) groups is 1. The third kappa shape index (κ3) is 8.11. The minimum Gasteiger partial charge on any atom is -0.377 e. The number of nitrogens with zero attached hydrogens (tertiary/aromatic N) is 3. The molecule has 3 rings (SSSR count). The van der Waals surface area contributed by atoms with Gasteiger partial charge < -0.3 is 15.4 Å². The lowest BCUT2D eigenvalue weighted by molar-refractivity contribution is -0.0835. The Labute approximate surface area is 204 Å². The summed E-state index contributed by atoms with van der Waals surface area (Å²) in [5.41, 5.74) is 2.50. The van der Waals surface area contributed by atoms with Crippen molar-refractivity contribution in [1.29, 1.82) is 0 Å². The van der Waals surface area contributed by atoms with Crippen LogP contribution < -0.4 is 10.6 Å². The molecule has 2 unspecified atom stereocenters. The molecule has 1 aliphatic heterocycles. The average molecular weight is 540 g/mol. The minimum atomic E-state index is 0. The van der Waals surface area contributed by atoms with Crippen LogP contribution in [0.5, 0.6) is 0 Å². The Morgan fingerprint density at radius 3 is 2.68 bits per heavy atom. The largest absolute Gasteiger partial charge is 0.377 e. The molecule has 0 saturated carbocycles. The number of rotatable bonds is 7. The molecule has 1 saturated heterocycles. The number of hydrogen-bond donors (Lipinski definition) is 2. The Kier molecular flexibility index (Phi) is 10.3. The number of guanidine groups is 1. The maximum absolute atomic E-state index is 6.12. The molecule has 0 spiro atoms. The van der Waals surface area contributed by atoms with Gasteiger partial charge in [-0.3, -0.25) is 4.68 Å². The Morgan fingerprint density at radius 2 is 1.97 bits per heavy atom. The van der Waals surface area contributed by atoms with Crippen molar-refractivity contribution in [2.75, 3.05) is 19.7 Å². The van der Waals surface area contributed by atoms with Gasteiger partial charge >= 0.3 is 0 Å². The molecule has 31 heavy (non-hydrogen) atoms. The molecular formula is C24H38IN5O. The standard InChI is InChI=1S/C24H37N5O.HI/c1-5-25-23(27-16-21-12-9-13-30-22(21)24(2,3)4)26-14-20-15-28-29(18-20)17-19-10-7-6-8-11-19;/h6-8,10-11,15,18,21-22H,5,9,12-14,16-17H2,1-4H3,(H2,25,26,27);1H. The molecule has 0 radical (unpaired) electrons. The van der Waals surface area contributed by atoms with Gasteiger partial charge in [0.25, 0.3) is 0 Å². The van der Waals surface area contributed by atoms with Crippen LogP contribution >= 0.6 is 24.0 Å². The van der Waals surface area contributed by atoms with E-state index in [2.05, 4.69) is 73.9 Å². The van der Waals surface area contributed by atoms with Gasteiger partial charge in [-0.1, -0.05) is 51.1 Å². The highest BCUT2D eigenvalue weighted by Crippen LogP contribution is 2.33. The van der Waals surface area contributed by atoms with Crippen LogP contribution in [0.3, 0.4) is 0 Å². The molecule has 0 aliphatic carbocycles. The molecule has 1 aliphatic rings. The fraction of sp³-hybridized carbons (Fsp3) is 0.583. The van der Waals surface area contributed by atoms with Crippen molar-refractivity contribution in [3.8, 4) is 0 Å². The van der Waals surface area contributed by atoms with E-state index in [1.54, 1.807) is 0 Å². The van der Waals surface area contributed by atoms with Crippen LogP contribution in [0, 0.1) is 11.3 Å². The average Bonchev–Trinajstić information content (AvgIpc) is 3.17. The van der Waals surface area contributed by atoms with Crippen molar-refractivity contribution in [1.82, 2.24) is 20.4 Å². The number of aromatic nitrogens is 2. The number of benzene rings is 1. The third-order valence-corrected chi connectivity index (χ3v) is 5.47. The molecule has 2 N–H and O–H groups in total. The van der Waals surface area contributed by atoms with E-state index in [1.165, 1.54) is 12.0 Å². The molecule has 172 valence electrons. The topological polar surface area (TPSA) is 63.5 Å². The molecule has 6 nitrogen and oxygen atoms in total. The SMILES string of the molecule is CCNC(=NCc1cnn(Cc2ccccc2)c1)NCC1CCCOC1C(C)(C)C.I. The third-order valence-electron chi connectivity index (χ3n) is 5.47. The van der Waals surface area contributed by atoms with Crippen molar-refractivity contribution in [2.45, 2.75) is 59.7 Å². The normalized spacial score (nSPS) is 19.5. The van der Waals surface area contributed by atoms with E-state index < -0.39 is 0 Å². The van der Waals surface area contributed by atoms with Crippen LogP contribution in [-0.2, 0) is 17.8 Å². The number of hydrogen-bond acceptors (Lipinski definition) is 3. The summed E-state index contributed by atoms with van der Waals surface area (Å²) in [6.07, 6.45) is 6.58. The van der Waals surface area contributed by atoms with Gasteiger partial charge in [0.05, 0.1) is 25.4 Å². The summed E-state index contributed by atoms with van der Waals surface area (Å²) in [6, 6.07) is 10.4. The highest BCUT2D eigenvalue weighted by atomic mass is 127. The monoisotopic (exact) mass is 539 g/mol. The molecule has 0 bridgehead atoms. The van der Waals surface area contributed by atoms with Gasteiger partial charge in [0.15, 0.2) is 5.96 Å². The lowest BCUT2D eigenvalue weighted by atomic mass is 9.78. The Balaban J connectivity index is 0.00000341. The summed E-state index contributed by atoms with van der Waals surface area (Å²) < 4.78 is 8.08. The van der Waals surface area contributed by atoms with Crippen LogP contribution in [0.4, 0.5) is 0 Å². The van der Waals surface area contributed by atoms with E-state index in [0.29, 0.717) is 12.5 Å². The first-order valence-electron chi connectivity index (χ1n) is 11.1. The molecule has 2 aromatic rings. The minimum absolute atomic E-state index is 0. The lowest BCUT2D eigenvalue weighted by Gasteiger charge is -2.40. The summed E-state index contributed by atoms with van der Waals surface area (Å²) >= 11 is 0. The predicted molar refractivity (Wildman–Crippen MR) is 138 cm³/mol. The van der Waals surface area contributed by atoms with Gasteiger partial charge in [-0.15, -0.1) is 24.0 Å². The van der Waals surface area contributed by atoms with Crippen LogP contribution in [0.25, 0.3) is 0 Å². The van der Waals surface area contributed by atoms with Gasteiger partial charge in [-0.25, -0.2) is 4.99 Å².